The number of aliphatic hydroxyl groups is 1. The topological polar surface area (TPSA) is 65.0 Å². The third-order valence-corrected chi connectivity index (χ3v) is 4.32. The second kappa shape index (κ2) is 9.79. The van der Waals surface area contributed by atoms with Gasteiger partial charge in [0, 0.05) is 22.9 Å². The van der Waals surface area contributed by atoms with Gasteiger partial charge in [-0.15, -0.1) is 0 Å². The summed E-state index contributed by atoms with van der Waals surface area (Å²) >= 11 is 6.17. The molecule has 1 heterocycles. The molecule has 0 spiro atoms. The van der Waals surface area contributed by atoms with Gasteiger partial charge in [-0.2, -0.15) is 0 Å². The summed E-state index contributed by atoms with van der Waals surface area (Å²) in [6, 6.07) is 7.36. The molecule has 1 saturated heterocycles. The van der Waals surface area contributed by atoms with E-state index in [2.05, 4.69) is 4.74 Å². The molecule has 6 heteroatoms. The lowest BCUT2D eigenvalue weighted by molar-refractivity contribution is -0.247. The van der Waals surface area contributed by atoms with E-state index < -0.39 is 6.29 Å². The van der Waals surface area contributed by atoms with Crippen molar-refractivity contribution in [2.45, 2.75) is 31.7 Å². The molecule has 1 N–H and O–H groups in total. The summed E-state index contributed by atoms with van der Waals surface area (Å²) in [4.78, 5) is 11.0. The second-order valence-electron chi connectivity index (χ2n) is 5.63. The minimum atomic E-state index is -0.560. The molecule has 132 valence electrons. The Morgan fingerprint density at radius 3 is 2.92 bits per heavy atom. The minimum Gasteiger partial charge on any atom is -0.469 e. The molecule has 1 fully saturated rings. The molecule has 3 unspecified atom stereocenters. The maximum atomic E-state index is 11.0. The van der Waals surface area contributed by atoms with E-state index in [1.807, 2.05) is 30.4 Å². The van der Waals surface area contributed by atoms with Gasteiger partial charge < -0.3 is 19.3 Å². The van der Waals surface area contributed by atoms with E-state index in [-0.39, 0.29) is 24.6 Å². The van der Waals surface area contributed by atoms with Crippen molar-refractivity contribution >= 4 is 17.6 Å². The maximum Gasteiger partial charge on any atom is 0.305 e. The molecular weight excluding hydrogens is 332 g/mol. The smallest absolute Gasteiger partial charge is 0.305 e. The summed E-state index contributed by atoms with van der Waals surface area (Å²) in [5.74, 6) is -0.164. The van der Waals surface area contributed by atoms with Crippen LogP contribution in [0.25, 0.3) is 0 Å². The predicted octanol–water partition coefficient (Wildman–Crippen LogP) is 3.26. The number of aliphatic hydroxyl groups excluding tert-OH is 1. The monoisotopic (exact) mass is 354 g/mol. The summed E-state index contributed by atoms with van der Waals surface area (Å²) in [7, 11) is 1.38. The van der Waals surface area contributed by atoms with Crippen molar-refractivity contribution in [2.75, 3.05) is 20.3 Å². The molecule has 1 aromatic rings. The van der Waals surface area contributed by atoms with Crippen LogP contribution in [0.5, 0.6) is 0 Å². The number of halogens is 1. The number of rotatable bonds is 7. The Morgan fingerprint density at radius 2 is 2.21 bits per heavy atom. The third-order valence-electron chi connectivity index (χ3n) is 3.97. The van der Waals surface area contributed by atoms with Gasteiger partial charge in [0.15, 0.2) is 6.29 Å². The molecule has 0 radical (unpaired) electrons. The minimum absolute atomic E-state index is 0.0584. The molecule has 1 aliphatic heterocycles. The van der Waals surface area contributed by atoms with E-state index in [1.165, 1.54) is 7.11 Å². The van der Waals surface area contributed by atoms with E-state index in [0.29, 0.717) is 30.9 Å². The molecule has 1 aromatic carbocycles. The van der Waals surface area contributed by atoms with Gasteiger partial charge in [0.1, 0.15) is 0 Å². The van der Waals surface area contributed by atoms with Crippen LogP contribution in [0.1, 0.15) is 31.1 Å². The molecule has 24 heavy (non-hydrogen) atoms. The van der Waals surface area contributed by atoms with Gasteiger partial charge in [-0.1, -0.05) is 42.0 Å². The number of methoxy groups -OCH3 is 1. The molecule has 0 amide bonds. The van der Waals surface area contributed by atoms with Crippen LogP contribution in [-0.2, 0) is 19.0 Å². The normalized spacial score (nSPS) is 24.2. The highest BCUT2D eigenvalue weighted by molar-refractivity contribution is 6.31. The quantitative estimate of drug-likeness (QED) is 0.601. The van der Waals surface area contributed by atoms with Crippen molar-refractivity contribution in [2.24, 2.45) is 5.92 Å². The highest BCUT2D eigenvalue weighted by Crippen LogP contribution is 2.34. The molecule has 5 nitrogen and oxygen atoms in total. The number of ether oxygens (including phenoxy) is 3. The predicted molar refractivity (Wildman–Crippen MR) is 90.6 cm³/mol. The van der Waals surface area contributed by atoms with Crippen molar-refractivity contribution in [3.05, 3.63) is 47.0 Å². The van der Waals surface area contributed by atoms with Crippen molar-refractivity contribution in [3.63, 3.8) is 0 Å². The Balaban J connectivity index is 1.85. The molecule has 0 aromatic heterocycles. The SMILES string of the molecule is COC(=O)CC/C=C/CC1COC(c2ccccc2Cl)OC1CO. The fourth-order valence-electron chi connectivity index (χ4n) is 2.56. The van der Waals surface area contributed by atoms with Gasteiger partial charge >= 0.3 is 5.97 Å². The first kappa shape index (κ1) is 18.9. The summed E-state index contributed by atoms with van der Waals surface area (Å²) in [5.41, 5.74) is 0.768. The number of allylic oxidation sites excluding steroid dienone is 2. The summed E-state index contributed by atoms with van der Waals surface area (Å²) in [6.45, 7) is 0.396. The first-order chi connectivity index (χ1) is 11.7. The van der Waals surface area contributed by atoms with Crippen LogP contribution >= 0.6 is 11.6 Å². The first-order valence-electron chi connectivity index (χ1n) is 7.99. The van der Waals surface area contributed by atoms with Crippen molar-refractivity contribution in [1.82, 2.24) is 0 Å². The maximum absolute atomic E-state index is 11.0. The zero-order chi connectivity index (χ0) is 17.4. The Kier molecular flexibility index (Phi) is 7.72. The fraction of sp³-hybridized carbons (Fsp3) is 0.500. The van der Waals surface area contributed by atoms with Crippen LogP contribution in [-0.4, -0.2) is 37.5 Å². The van der Waals surface area contributed by atoms with Gasteiger partial charge in [0.05, 0.1) is 26.4 Å². The van der Waals surface area contributed by atoms with Crippen LogP contribution in [0.3, 0.4) is 0 Å². The number of esters is 1. The van der Waals surface area contributed by atoms with E-state index in [4.69, 9.17) is 21.1 Å². The Labute approximate surface area is 147 Å². The summed E-state index contributed by atoms with van der Waals surface area (Å²) < 4.78 is 16.2. The lowest BCUT2D eigenvalue weighted by Crippen LogP contribution is -2.38. The molecule has 2 rings (SSSR count). The van der Waals surface area contributed by atoms with Crippen molar-refractivity contribution in [3.8, 4) is 0 Å². The van der Waals surface area contributed by atoms with Crippen LogP contribution in [0.15, 0.2) is 36.4 Å². The Hall–Kier alpha value is -1.40. The lowest BCUT2D eigenvalue weighted by atomic mass is 9.98. The molecular formula is C18H23ClO5. The van der Waals surface area contributed by atoms with Gasteiger partial charge in [-0.05, 0) is 18.9 Å². The van der Waals surface area contributed by atoms with Crippen LogP contribution in [0.4, 0.5) is 0 Å². The third kappa shape index (κ3) is 5.31. The fourth-order valence-corrected chi connectivity index (χ4v) is 2.79. The average molecular weight is 355 g/mol. The highest BCUT2D eigenvalue weighted by Gasteiger charge is 2.32. The number of hydrogen-bond acceptors (Lipinski definition) is 5. The van der Waals surface area contributed by atoms with Crippen molar-refractivity contribution in [1.29, 1.82) is 0 Å². The van der Waals surface area contributed by atoms with Gasteiger partial charge in [0.25, 0.3) is 0 Å². The number of carbonyl (C=O) groups excluding carboxylic acids is 1. The zero-order valence-corrected chi connectivity index (χ0v) is 14.4. The van der Waals surface area contributed by atoms with Crippen LogP contribution < -0.4 is 0 Å². The lowest BCUT2D eigenvalue weighted by Gasteiger charge is -2.35. The summed E-state index contributed by atoms with van der Waals surface area (Å²) in [6.07, 6.45) is 4.75. The van der Waals surface area contributed by atoms with Crippen LogP contribution in [0, 0.1) is 5.92 Å². The van der Waals surface area contributed by atoms with Crippen molar-refractivity contribution < 1.29 is 24.1 Å². The van der Waals surface area contributed by atoms with E-state index in [0.717, 1.165) is 5.56 Å². The standard InChI is InChI=1S/C18H23ClO5/c1-22-17(21)10-4-2-3-7-13-12-23-18(24-16(13)11-20)14-8-5-6-9-15(14)19/h2-3,5-6,8-9,13,16,18,20H,4,7,10-12H2,1H3/b3-2+. The average Bonchev–Trinajstić information content (AvgIpc) is 2.61. The Morgan fingerprint density at radius 1 is 1.42 bits per heavy atom. The van der Waals surface area contributed by atoms with Crippen LogP contribution in [0.2, 0.25) is 5.02 Å². The molecule has 0 bridgehead atoms. The summed E-state index contributed by atoms with van der Waals surface area (Å²) in [5, 5.41) is 10.2. The van der Waals surface area contributed by atoms with Gasteiger partial charge in [0.2, 0.25) is 0 Å². The number of benzene rings is 1. The van der Waals surface area contributed by atoms with Gasteiger partial charge in [-0.3, -0.25) is 4.79 Å². The molecule has 0 saturated carbocycles. The molecule has 0 aliphatic carbocycles. The second-order valence-corrected chi connectivity index (χ2v) is 6.03. The largest absolute Gasteiger partial charge is 0.469 e. The first-order valence-corrected chi connectivity index (χ1v) is 8.37. The Bertz CT molecular complexity index is 560. The van der Waals surface area contributed by atoms with E-state index in [9.17, 15) is 9.90 Å². The number of carbonyl (C=O) groups is 1. The van der Waals surface area contributed by atoms with E-state index in [1.54, 1.807) is 6.07 Å². The zero-order valence-electron chi connectivity index (χ0n) is 13.7. The number of hydrogen-bond donors (Lipinski definition) is 1. The molecule has 1 aliphatic rings. The highest BCUT2D eigenvalue weighted by atomic mass is 35.5. The van der Waals surface area contributed by atoms with E-state index >= 15 is 0 Å². The molecule has 3 atom stereocenters. The van der Waals surface area contributed by atoms with Gasteiger partial charge in [-0.25, -0.2) is 0 Å².